The fourth-order valence-corrected chi connectivity index (χ4v) is 3.80. The Morgan fingerprint density at radius 2 is 1.91 bits per heavy atom. The van der Waals surface area contributed by atoms with Crippen LogP contribution >= 0.6 is 11.3 Å². The first-order valence-electron chi connectivity index (χ1n) is 9.87. The zero-order chi connectivity index (χ0) is 23.5. The molecule has 0 unspecified atom stereocenters. The first-order chi connectivity index (χ1) is 16.6. The summed E-state index contributed by atoms with van der Waals surface area (Å²) in [6, 6.07) is 18.8. The van der Waals surface area contributed by atoms with Crippen LogP contribution in [0.2, 0.25) is 0 Å². The van der Waals surface area contributed by atoms with Gasteiger partial charge in [-0.05, 0) is 34.2 Å². The molecule has 3 aromatic heterocycles. The topological polar surface area (TPSA) is 143 Å². The quantitative estimate of drug-likeness (QED) is 0.157. The third-order valence-electron chi connectivity index (χ3n) is 4.75. The van der Waals surface area contributed by atoms with Gasteiger partial charge in [0.1, 0.15) is 11.5 Å². The molecular weight excluding hydrogens is 460 g/mol. The molecule has 2 aromatic carbocycles. The molecule has 0 amide bonds. The summed E-state index contributed by atoms with van der Waals surface area (Å²) in [7, 11) is 0. The molecule has 0 atom stereocenters. The minimum Gasteiger partial charge on any atom is -0.455 e. The maximum atomic E-state index is 12.2. The molecule has 34 heavy (non-hydrogen) atoms. The molecule has 0 aliphatic heterocycles. The van der Waals surface area contributed by atoms with Gasteiger partial charge in [0.15, 0.2) is 5.69 Å². The van der Waals surface area contributed by atoms with Gasteiger partial charge in [-0.3, -0.25) is 20.1 Å². The van der Waals surface area contributed by atoms with E-state index in [-0.39, 0.29) is 11.4 Å². The summed E-state index contributed by atoms with van der Waals surface area (Å²) in [5.41, 5.74) is 4.41. The average molecular weight is 475 g/mol. The van der Waals surface area contributed by atoms with Crippen LogP contribution in [0.25, 0.3) is 28.4 Å². The van der Waals surface area contributed by atoms with Crippen molar-refractivity contribution in [2.24, 2.45) is 5.10 Å². The Labute approximate surface area is 194 Å². The second kappa shape index (κ2) is 8.96. The van der Waals surface area contributed by atoms with Crippen molar-refractivity contribution in [2.45, 2.75) is 0 Å². The van der Waals surface area contributed by atoms with Crippen molar-refractivity contribution in [3.8, 4) is 28.4 Å². The van der Waals surface area contributed by atoms with E-state index in [9.17, 15) is 14.9 Å². The third kappa shape index (κ3) is 4.25. The Morgan fingerprint density at radius 1 is 1.12 bits per heavy atom. The molecule has 0 saturated heterocycles. The van der Waals surface area contributed by atoms with Gasteiger partial charge in [-0.2, -0.15) is 5.10 Å². The van der Waals surface area contributed by atoms with Gasteiger partial charge in [-0.25, -0.2) is 9.78 Å². The van der Waals surface area contributed by atoms with Crippen LogP contribution < -0.4 is 15.7 Å². The number of rotatable bonds is 7. The van der Waals surface area contributed by atoms with Crippen LogP contribution in [-0.4, -0.2) is 21.4 Å². The SMILES string of the molecule is O=c1o[nH][n+](-c2ccccc2)c1-c1csc(N/N=C/c2ccc(-c3ccc([N+](=O)[O-])cc3)o2)n1. The third-order valence-corrected chi connectivity index (χ3v) is 5.50. The molecule has 0 aliphatic carbocycles. The number of H-pyrrole nitrogens is 1. The monoisotopic (exact) mass is 475 g/mol. The van der Waals surface area contributed by atoms with Crippen molar-refractivity contribution in [2.75, 3.05) is 5.43 Å². The summed E-state index contributed by atoms with van der Waals surface area (Å²) in [5.74, 6) is 1.03. The summed E-state index contributed by atoms with van der Waals surface area (Å²) < 4.78 is 12.2. The van der Waals surface area contributed by atoms with Crippen LogP contribution in [-0.2, 0) is 0 Å². The fraction of sp³-hybridized carbons (Fsp3) is 0. The second-order valence-corrected chi connectivity index (χ2v) is 7.77. The van der Waals surface area contributed by atoms with E-state index in [0.29, 0.717) is 27.9 Å². The lowest BCUT2D eigenvalue weighted by Crippen LogP contribution is -2.36. The molecule has 5 aromatic rings. The van der Waals surface area contributed by atoms with Gasteiger partial charge in [0.25, 0.3) is 5.69 Å². The normalized spacial score (nSPS) is 11.2. The number of anilines is 1. The first kappa shape index (κ1) is 21.0. The predicted molar refractivity (Wildman–Crippen MR) is 124 cm³/mol. The number of aromatic amines is 1. The van der Waals surface area contributed by atoms with Gasteiger partial charge in [-0.1, -0.05) is 18.2 Å². The number of aromatic nitrogens is 3. The number of nitrogens with one attached hydrogen (secondary N) is 2. The van der Waals surface area contributed by atoms with E-state index < -0.39 is 10.5 Å². The maximum absolute atomic E-state index is 12.2. The van der Waals surface area contributed by atoms with Crippen molar-refractivity contribution < 1.29 is 18.5 Å². The number of hydrogen-bond acceptors (Lipinski definition) is 9. The summed E-state index contributed by atoms with van der Waals surface area (Å²) in [6.45, 7) is 0. The number of nitro groups is 1. The number of hydrazone groups is 1. The Morgan fingerprint density at radius 3 is 2.68 bits per heavy atom. The number of nitro benzene ring substituents is 1. The van der Waals surface area contributed by atoms with E-state index in [1.54, 1.807) is 29.6 Å². The van der Waals surface area contributed by atoms with Gasteiger partial charge in [-0.15, -0.1) is 11.3 Å². The number of benzene rings is 2. The smallest absolute Gasteiger partial charge is 0.437 e. The van der Waals surface area contributed by atoms with E-state index in [2.05, 4.69) is 20.8 Å². The van der Waals surface area contributed by atoms with E-state index in [1.165, 1.54) is 34.4 Å². The lowest BCUT2D eigenvalue weighted by Gasteiger charge is -1.96. The summed E-state index contributed by atoms with van der Waals surface area (Å²) in [4.78, 5) is 27.0. The lowest BCUT2D eigenvalue weighted by molar-refractivity contribution is -0.660. The molecule has 0 radical (unpaired) electrons. The molecule has 5 rings (SSSR count). The van der Waals surface area contributed by atoms with Crippen molar-refractivity contribution in [1.29, 1.82) is 0 Å². The number of hydrogen-bond donors (Lipinski definition) is 2. The van der Waals surface area contributed by atoms with E-state index in [0.717, 1.165) is 5.69 Å². The first-order valence-corrected chi connectivity index (χ1v) is 10.7. The van der Waals surface area contributed by atoms with Gasteiger partial charge >= 0.3 is 11.3 Å². The van der Waals surface area contributed by atoms with Gasteiger partial charge in [0, 0.05) is 35.2 Å². The summed E-state index contributed by atoms with van der Waals surface area (Å²) in [6.07, 6.45) is 1.48. The van der Waals surface area contributed by atoms with Gasteiger partial charge in [0.05, 0.1) is 11.1 Å². The number of nitrogens with zero attached hydrogens (tertiary/aromatic N) is 4. The highest BCUT2D eigenvalue weighted by molar-refractivity contribution is 7.14. The van der Waals surface area contributed by atoms with Crippen molar-refractivity contribution in [3.05, 3.63) is 98.4 Å². The number of para-hydroxylation sites is 1. The number of non-ortho nitro benzene ring substituents is 1. The minimum atomic E-state index is -0.543. The molecular formula is C22H15N6O5S+. The minimum absolute atomic E-state index is 0.0100. The van der Waals surface area contributed by atoms with Gasteiger partial charge in [0.2, 0.25) is 10.8 Å². The molecule has 168 valence electrons. The van der Waals surface area contributed by atoms with E-state index >= 15 is 0 Å². The van der Waals surface area contributed by atoms with E-state index in [4.69, 9.17) is 8.94 Å². The highest BCUT2D eigenvalue weighted by Crippen LogP contribution is 2.24. The molecule has 0 spiro atoms. The largest absolute Gasteiger partial charge is 0.455 e. The van der Waals surface area contributed by atoms with Crippen LogP contribution in [0.3, 0.4) is 0 Å². The van der Waals surface area contributed by atoms with Crippen molar-refractivity contribution in [1.82, 2.24) is 10.3 Å². The van der Waals surface area contributed by atoms with Crippen LogP contribution in [0.15, 0.2) is 90.9 Å². The number of furan rings is 1. The van der Waals surface area contributed by atoms with Crippen molar-refractivity contribution >= 4 is 28.4 Å². The van der Waals surface area contributed by atoms with E-state index in [1.807, 2.05) is 30.3 Å². The average Bonchev–Trinajstić information content (AvgIpc) is 3.60. The molecule has 2 N–H and O–H groups in total. The molecule has 3 heterocycles. The molecule has 12 heteroatoms. The maximum Gasteiger partial charge on any atom is 0.437 e. The highest BCUT2D eigenvalue weighted by atomic mass is 32.1. The lowest BCUT2D eigenvalue weighted by atomic mass is 10.1. The predicted octanol–water partition coefficient (Wildman–Crippen LogP) is 3.98. The van der Waals surface area contributed by atoms with Crippen molar-refractivity contribution in [3.63, 3.8) is 0 Å². The Hall–Kier alpha value is -4.84. The Bertz CT molecular complexity index is 1530. The molecule has 0 saturated carbocycles. The van der Waals surface area contributed by atoms with Crippen LogP contribution in [0.5, 0.6) is 0 Å². The zero-order valence-electron chi connectivity index (χ0n) is 17.2. The standard InChI is InChI=1S/C22H14N6O5S/c29-21-20(27(26-33-21)15-4-2-1-3-5-15)18-13-34-22(24-18)25-23-12-17-10-11-19(32-17)14-6-8-16(9-7-14)28(30)31/h1-13H,(H-,24,25,26,29)/p+1/b23-12+. The Kier molecular flexibility index (Phi) is 5.54. The number of thiazole rings is 1. The fourth-order valence-electron chi connectivity index (χ4n) is 3.16. The van der Waals surface area contributed by atoms with Gasteiger partial charge < -0.3 is 4.42 Å². The van der Waals surface area contributed by atoms with Crippen LogP contribution in [0.1, 0.15) is 5.76 Å². The second-order valence-electron chi connectivity index (χ2n) is 6.91. The zero-order valence-corrected chi connectivity index (χ0v) is 18.1. The summed E-state index contributed by atoms with van der Waals surface area (Å²) in [5, 5.41) is 19.7. The molecule has 0 bridgehead atoms. The molecule has 0 fully saturated rings. The summed E-state index contributed by atoms with van der Waals surface area (Å²) >= 11 is 1.27. The highest BCUT2D eigenvalue weighted by Gasteiger charge is 2.27. The van der Waals surface area contributed by atoms with Crippen LogP contribution in [0, 0.1) is 10.1 Å². The Balaban J connectivity index is 1.29. The molecule has 11 nitrogen and oxygen atoms in total. The molecule has 0 aliphatic rings. The van der Waals surface area contributed by atoms with Crippen LogP contribution in [0.4, 0.5) is 10.8 Å².